The molecule has 2 aromatic carbocycles. The Kier molecular flexibility index (Phi) is 6.11. The van der Waals surface area contributed by atoms with E-state index in [0.717, 1.165) is 27.1 Å². The number of para-hydroxylation sites is 1. The molecule has 0 saturated carbocycles. The van der Waals surface area contributed by atoms with Crippen molar-refractivity contribution >= 4 is 33.5 Å². The zero-order chi connectivity index (χ0) is 21.1. The molecular weight excluding hydrogens is 460 g/mol. The molecule has 0 radical (unpaired) electrons. The van der Waals surface area contributed by atoms with Crippen LogP contribution in [-0.2, 0) is 0 Å². The summed E-state index contributed by atoms with van der Waals surface area (Å²) in [5.41, 5.74) is 3.68. The first-order chi connectivity index (χ1) is 14.5. The number of nitrogens with zero attached hydrogens (tertiary/aromatic N) is 4. The zero-order valence-electron chi connectivity index (χ0n) is 16.5. The van der Waals surface area contributed by atoms with Gasteiger partial charge in [0, 0.05) is 28.0 Å². The summed E-state index contributed by atoms with van der Waals surface area (Å²) >= 11 is 4.82. The molecule has 0 fully saturated rings. The number of ketones is 1. The molecule has 0 amide bonds. The van der Waals surface area contributed by atoms with Gasteiger partial charge in [-0.3, -0.25) is 14.3 Å². The van der Waals surface area contributed by atoms with E-state index in [9.17, 15) is 4.79 Å². The van der Waals surface area contributed by atoms with Crippen LogP contribution in [0.2, 0.25) is 0 Å². The lowest BCUT2D eigenvalue weighted by atomic mass is 10.1. The van der Waals surface area contributed by atoms with E-state index in [2.05, 4.69) is 44.1 Å². The van der Waals surface area contributed by atoms with Crippen LogP contribution in [0.15, 0.2) is 82.7 Å². The Hall–Kier alpha value is -2.77. The van der Waals surface area contributed by atoms with Gasteiger partial charge in [0.25, 0.3) is 0 Å². The summed E-state index contributed by atoms with van der Waals surface area (Å²) < 4.78 is 2.96. The maximum Gasteiger partial charge on any atom is 0.196 e. The van der Waals surface area contributed by atoms with E-state index in [1.54, 1.807) is 12.4 Å². The standard InChI is InChI=1S/C23H19BrN4OS/c1-15-5-3-4-6-20(15)28-22(18-11-13-25-14-12-18)26-27-23(28)30-16(2)21(29)17-7-9-19(24)10-8-17/h3-14,16H,1-2H3/t16-/m1/s1. The number of aryl methyl sites for hydroxylation is 1. The molecule has 2 aromatic heterocycles. The third-order valence-corrected chi connectivity index (χ3v) is 6.28. The van der Waals surface area contributed by atoms with Gasteiger partial charge in [-0.2, -0.15) is 0 Å². The van der Waals surface area contributed by atoms with Crippen LogP contribution in [0, 0.1) is 6.92 Å². The lowest BCUT2D eigenvalue weighted by Crippen LogP contribution is -2.14. The Labute approximate surface area is 187 Å². The molecule has 7 heteroatoms. The normalized spacial score (nSPS) is 12.0. The van der Waals surface area contributed by atoms with Crippen molar-refractivity contribution in [2.24, 2.45) is 0 Å². The molecule has 2 heterocycles. The third kappa shape index (κ3) is 4.22. The van der Waals surface area contributed by atoms with Crippen molar-refractivity contribution in [3.05, 3.63) is 88.7 Å². The van der Waals surface area contributed by atoms with Gasteiger partial charge in [0.05, 0.1) is 10.9 Å². The van der Waals surface area contributed by atoms with Crippen molar-refractivity contribution in [3.63, 3.8) is 0 Å². The Morgan fingerprint density at radius 2 is 1.70 bits per heavy atom. The summed E-state index contributed by atoms with van der Waals surface area (Å²) in [4.78, 5) is 17.0. The summed E-state index contributed by atoms with van der Waals surface area (Å²) in [6, 6.07) is 19.3. The molecule has 5 nitrogen and oxygen atoms in total. The Morgan fingerprint density at radius 3 is 2.40 bits per heavy atom. The van der Waals surface area contributed by atoms with E-state index in [1.807, 2.05) is 66.1 Å². The van der Waals surface area contributed by atoms with Crippen LogP contribution in [0.1, 0.15) is 22.8 Å². The fourth-order valence-electron chi connectivity index (χ4n) is 3.13. The van der Waals surface area contributed by atoms with Gasteiger partial charge in [-0.05, 0) is 49.7 Å². The van der Waals surface area contributed by atoms with Crippen LogP contribution >= 0.6 is 27.7 Å². The fraction of sp³-hybridized carbons (Fsp3) is 0.130. The maximum absolute atomic E-state index is 12.9. The van der Waals surface area contributed by atoms with Gasteiger partial charge < -0.3 is 0 Å². The summed E-state index contributed by atoms with van der Waals surface area (Å²) in [6.45, 7) is 3.95. The number of hydrogen-bond donors (Lipinski definition) is 0. The molecule has 1 atom stereocenters. The molecule has 0 aliphatic carbocycles. The van der Waals surface area contributed by atoms with Gasteiger partial charge in [0.15, 0.2) is 16.8 Å². The summed E-state index contributed by atoms with van der Waals surface area (Å²) in [5.74, 6) is 0.773. The van der Waals surface area contributed by atoms with Crippen molar-refractivity contribution in [2.45, 2.75) is 24.3 Å². The second kappa shape index (κ2) is 8.93. The lowest BCUT2D eigenvalue weighted by molar-refractivity contribution is 0.0994. The highest BCUT2D eigenvalue weighted by Crippen LogP contribution is 2.32. The highest BCUT2D eigenvalue weighted by atomic mass is 79.9. The molecule has 30 heavy (non-hydrogen) atoms. The lowest BCUT2D eigenvalue weighted by Gasteiger charge is -2.15. The van der Waals surface area contributed by atoms with E-state index in [0.29, 0.717) is 10.7 Å². The third-order valence-electron chi connectivity index (χ3n) is 4.71. The van der Waals surface area contributed by atoms with Gasteiger partial charge in [-0.15, -0.1) is 10.2 Å². The minimum atomic E-state index is -0.316. The minimum absolute atomic E-state index is 0.0531. The van der Waals surface area contributed by atoms with E-state index < -0.39 is 0 Å². The first-order valence-electron chi connectivity index (χ1n) is 9.43. The zero-order valence-corrected chi connectivity index (χ0v) is 18.9. The van der Waals surface area contributed by atoms with Gasteiger partial charge in [-0.25, -0.2) is 0 Å². The molecule has 4 aromatic rings. The topological polar surface area (TPSA) is 60.7 Å². The van der Waals surface area contributed by atoms with Gasteiger partial charge in [-0.1, -0.05) is 58.0 Å². The number of halogens is 1. The Bertz CT molecular complexity index is 1180. The molecule has 0 spiro atoms. The Morgan fingerprint density at radius 1 is 1.00 bits per heavy atom. The van der Waals surface area contributed by atoms with Crippen molar-refractivity contribution in [1.29, 1.82) is 0 Å². The van der Waals surface area contributed by atoms with Gasteiger partial charge >= 0.3 is 0 Å². The van der Waals surface area contributed by atoms with E-state index in [-0.39, 0.29) is 11.0 Å². The predicted octanol–water partition coefficient (Wildman–Crippen LogP) is 5.76. The van der Waals surface area contributed by atoms with Crippen LogP contribution < -0.4 is 0 Å². The second-order valence-electron chi connectivity index (χ2n) is 6.80. The number of rotatable bonds is 6. The Balaban J connectivity index is 1.73. The van der Waals surface area contributed by atoms with Crippen LogP contribution in [0.3, 0.4) is 0 Å². The molecule has 150 valence electrons. The molecular formula is C23H19BrN4OS. The number of thioether (sulfide) groups is 1. The average Bonchev–Trinajstić information content (AvgIpc) is 3.18. The van der Waals surface area contributed by atoms with Crippen molar-refractivity contribution in [3.8, 4) is 17.1 Å². The molecule has 0 aliphatic rings. The molecule has 0 saturated heterocycles. The van der Waals surface area contributed by atoms with Gasteiger partial charge in [0.2, 0.25) is 0 Å². The van der Waals surface area contributed by atoms with Crippen LogP contribution in [0.5, 0.6) is 0 Å². The molecule has 0 bridgehead atoms. The number of pyridine rings is 1. The predicted molar refractivity (Wildman–Crippen MR) is 123 cm³/mol. The van der Waals surface area contributed by atoms with Crippen molar-refractivity contribution in [2.75, 3.05) is 0 Å². The second-order valence-corrected chi connectivity index (χ2v) is 9.02. The number of aromatic nitrogens is 4. The smallest absolute Gasteiger partial charge is 0.196 e. The van der Waals surface area contributed by atoms with Gasteiger partial charge in [0.1, 0.15) is 0 Å². The molecule has 0 unspecified atom stereocenters. The van der Waals surface area contributed by atoms with E-state index >= 15 is 0 Å². The first-order valence-corrected chi connectivity index (χ1v) is 11.1. The van der Waals surface area contributed by atoms with Crippen LogP contribution in [0.4, 0.5) is 0 Å². The molecule has 0 N–H and O–H groups in total. The largest absolute Gasteiger partial charge is 0.293 e. The highest BCUT2D eigenvalue weighted by molar-refractivity contribution is 9.10. The fourth-order valence-corrected chi connectivity index (χ4v) is 4.33. The first kappa shape index (κ1) is 20.5. The number of hydrogen-bond acceptors (Lipinski definition) is 5. The van der Waals surface area contributed by atoms with Crippen molar-refractivity contribution in [1.82, 2.24) is 19.7 Å². The molecule has 4 rings (SSSR count). The number of carbonyl (C=O) groups is 1. The highest BCUT2D eigenvalue weighted by Gasteiger charge is 2.23. The van der Waals surface area contributed by atoms with Crippen LogP contribution in [-0.4, -0.2) is 30.8 Å². The quantitative estimate of drug-likeness (QED) is 0.260. The maximum atomic E-state index is 12.9. The summed E-state index contributed by atoms with van der Waals surface area (Å²) in [6.07, 6.45) is 3.47. The summed E-state index contributed by atoms with van der Waals surface area (Å²) in [5, 5.41) is 9.24. The number of benzene rings is 2. The summed E-state index contributed by atoms with van der Waals surface area (Å²) in [7, 11) is 0. The number of Topliss-reactive ketones (excluding diaryl/α,β-unsaturated/α-hetero) is 1. The van der Waals surface area contributed by atoms with E-state index in [1.165, 1.54) is 11.8 Å². The van der Waals surface area contributed by atoms with E-state index in [4.69, 9.17) is 0 Å². The average molecular weight is 479 g/mol. The number of carbonyl (C=O) groups excluding carboxylic acids is 1. The monoisotopic (exact) mass is 478 g/mol. The SMILES string of the molecule is Cc1ccccc1-n1c(S[C@H](C)C(=O)c2ccc(Br)cc2)nnc1-c1ccncc1. The van der Waals surface area contributed by atoms with Crippen LogP contribution in [0.25, 0.3) is 17.1 Å². The van der Waals surface area contributed by atoms with Crippen molar-refractivity contribution < 1.29 is 4.79 Å². The molecule has 0 aliphatic heterocycles. The minimum Gasteiger partial charge on any atom is -0.293 e.